The molecule has 0 spiro atoms. The van der Waals surface area contributed by atoms with Crippen LogP contribution >= 0.6 is 11.3 Å². The van der Waals surface area contributed by atoms with Crippen molar-refractivity contribution in [2.45, 2.75) is 79.2 Å². The van der Waals surface area contributed by atoms with Gasteiger partial charge in [0.2, 0.25) is 11.9 Å². The van der Waals surface area contributed by atoms with Crippen molar-refractivity contribution in [3.63, 3.8) is 0 Å². The van der Waals surface area contributed by atoms with Crippen LogP contribution in [-0.4, -0.2) is 37.8 Å². The van der Waals surface area contributed by atoms with Crippen molar-refractivity contribution in [2.75, 3.05) is 11.9 Å². The van der Waals surface area contributed by atoms with Gasteiger partial charge in [-0.05, 0) is 71.4 Å². The minimum absolute atomic E-state index is 0.254. The Labute approximate surface area is 214 Å². The van der Waals surface area contributed by atoms with Gasteiger partial charge in [-0.3, -0.25) is 14.2 Å². The number of hydrogen-bond acceptors (Lipinski definition) is 7. The van der Waals surface area contributed by atoms with Crippen LogP contribution in [0.1, 0.15) is 84.0 Å². The summed E-state index contributed by atoms with van der Waals surface area (Å²) in [4.78, 5) is 45.4. The second-order valence-corrected chi connectivity index (χ2v) is 10.3. The first-order chi connectivity index (χ1) is 17.2. The van der Waals surface area contributed by atoms with Gasteiger partial charge in [0.25, 0.3) is 5.56 Å². The van der Waals surface area contributed by atoms with E-state index in [1.807, 2.05) is 26.8 Å². The van der Waals surface area contributed by atoms with E-state index in [4.69, 9.17) is 9.72 Å². The Balaban J connectivity index is 1.74. The first-order valence-corrected chi connectivity index (χ1v) is 13.3. The minimum atomic E-state index is -0.895. The zero-order valence-corrected chi connectivity index (χ0v) is 22.3. The molecular formula is C26H33N5O4S. The fourth-order valence-electron chi connectivity index (χ4n) is 4.66. The van der Waals surface area contributed by atoms with E-state index >= 15 is 0 Å². The molecular weight excluding hydrogens is 478 g/mol. The molecule has 0 fully saturated rings. The van der Waals surface area contributed by atoms with Crippen LogP contribution in [0.2, 0.25) is 0 Å². The van der Waals surface area contributed by atoms with Crippen molar-refractivity contribution in [2.24, 2.45) is 0 Å². The van der Waals surface area contributed by atoms with Crippen LogP contribution in [0.3, 0.4) is 0 Å². The number of aryl methyl sites for hydroxylation is 4. The predicted molar refractivity (Wildman–Crippen MR) is 139 cm³/mol. The third-order valence-corrected chi connectivity index (χ3v) is 7.55. The van der Waals surface area contributed by atoms with Crippen LogP contribution in [-0.2, 0) is 28.8 Å². The standard InChI is InChI=1S/C26H33N5O4S/c1-6-10-18-14-21(32)30(26(27-18)31-16(4)13-15(3)29-31)17(5)23(33)28-24-22(25(34)35-7-2)19-11-8-9-12-20(19)36-24/h13-14,17H,6-12H2,1-5H3,(H,28,33). The molecule has 1 N–H and O–H groups in total. The molecule has 36 heavy (non-hydrogen) atoms. The van der Waals surface area contributed by atoms with Crippen LogP contribution < -0.4 is 10.9 Å². The van der Waals surface area contributed by atoms with Crippen molar-refractivity contribution in [1.29, 1.82) is 0 Å². The molecule has 1 aliphatic rings. The summed E-state index contributed by atoms with van der Waals surface area (Å²) in [6, 6.07) is 2.49. The Morgan fingerprint density at radius 3 is 2.61 bits per heavy atom. The molecule has 0 radical (unpaired) electrons. The number of ether oxygens (including phenoxy) is 1. The van der Waals surface area contributed by atoms with Crippen molar-refractivity contribution in [3.05, 3.63) is 55.6 Å². The minimum Gasteiger partial charge on any atom is -0.462 e. The second kappa shape index (κ2) is 10.8. The van der Waals surface area contributed by atoms with Gasteiger partial charge in [0.05, 0.1) is 17.9 Å². The van der Waals surface area contributed by atoms with Crippen molar-refractivity contribution in [3.8, 4) is 5.95 Å². The Morgan fingerprint density at radius 2 is 1.94 bits per heavy atom. The summed E-state index contributed by atoms with van der Waals surface area (Å²) in [6.07, 6.45) is 5.20. The lowest BCUT2D eigenvalue weighted by Gasteiger charge is -2.20. The number of carbonyl (C=O) groups excluding carboxylic acids is 2. The Hall–Kier alpha value is -3.27. The summed E-state index contributed by atoms with van der Waals surface area (Å²) in [5.41, 5.74) is 3.34. The lowest BCUT2D eigenvalue weighted by molar-refractivity contribution is -0.118. The summed E-state index contributed by atoms with van der Waals surface area (Å²) in [7, 11) is 0. The molecule has 0 aliphatic heterocycles. The largest absolute Gasteiger partial charge is 0.462 e. The van der Waals surface area contributed by atoms with E-state index in [0.717, 1.165) is 53.9 Å². The maximum atomic E-state index is 13.5. The van der Waals surface area contributed by atoms with Crippen LogP contribution in [0.25, 0.3) is 5.95 Å². The van der Waals surface area contributed by atoms with E-state index in [1.165, 1.54) is 22.0 Å². The number of fused-ring (bicyclic) bond motifs is 1. The van der Waals surface area contributed by atoms with Crippen LogP contribution in [0.4, 0.5) is 5.00 Å². The van der Waals surface area contributed by atoms with Crippen molar-refractivity contribution in [1.82, 2.24) is 19.3 Å². The van der Waals surface area contributed by atoms with E-state index in [-0.39, 0.29) is 12.2 Å². The third kappa shape index (κ3) is 5.00. The number of nitrogens with zero attached hydrogens (tertiary/aromatic N) is 4. The van der Waals surface area contributed by atoms with E-state index in [1.54, 1.807) is 18.5 Å². The number of anilines is 1. The summed E-state index contributed by atoms with van der Waals surface area (Å²) in [5.74, 6) is -0.532. The van der Waals surface area contributed by atoms with E-state index < -0.39 is 17.9 Å². The molecule has 3 aromatic rings. The van der Waals surface area contributed by atoms with E-state index in [2.05, 4.69) is 10.4 Å². The lowest BCUT2D eigenvalue weighted by Crippen LogP contribution is -2.35. The molecule has 0 aromatic carbocycles. The highest BCUT2D eigenvalue weighted by Gasteiger charge is 2.29. The summed E-state index contributed by atoms with van der Waals surface area (Å²) in [5, 5.41) is 7.93. The first kappa shape index (κ1) is 25.8. The summed E-state index contributed by atoms with van der Waals surface area (Å²) < 4.78 is 8.28. The molecule has 1 unspecified atom stereocenters. The number of aromatic nitrogens is 4. The number of carbonyl (C=O) groups is 2. The quantitative estimate of drug-likeness (QED) is 0.452. The van der Waals surface area contributed by atoms with Gasteiger partial charge in [0.1, 0.15) is 11.0 Å². The van der Waals surface area contributed by atoms with Gasteiger partial charge in [0, 0.05) is 22.3 Å². The molecule has 9 nitrogen and oxygen atoms in total. The molecule has 0 saturated carbocycles. The Morgan fingerprint density at radius 1 is 1.19 bits per heavy atom. The maximum absolute atomic E-state index is 13.5. The highest BCUT2D eigenvalue weighted by atomic mass is 32.1. The van der Waals surface area contributed by atoms with Crippen LogP contribution in [0, 0.1) is 13.8 Å². The molecule has 0 bridgehead atoms. The van der Waals surface area contributed by atoms with Crippen molar-refractivity contribution < 1.29 is 14.3 Å². The normalized spacial score (nSPS) is 13.8. The molecule has 192 valence electrons. The zero-order chi connectivity index (χ0) is 26.0. The number of rotatable bonds is 8. The topological polar surface area (TPSA) is 108 Å². The summed E-state index contributed by atoms with van der Waals surface area (Å²) >= 11 is 1.42. The zero-order valence-electron chi connectivity index (χ0n) is 21.5. The van der Waals surface area contributed by atoms with Crippen molar-refractivity contribution >= 4 is 28.2 Å². The molecule has 0 saturated heterocycles. The average molecular weight is 512 g/mol. The van der Waals surface area contributed by atoms with Gasteiger partial charge < -0.3 is 10.1 Å². The SMILES string of the molecule is CCCc1cc(=O)n(C(C)C(=O)Nc2sc3c(c2C(=O)OCC)CCCC3)c(-n2nc(C)cc2C)n1. The smallest absolute Gasteiger partial charge is 0.341 e. The third-order valence-electron chi connectivity index (χ3n) is 6.35. The fraction of sp³-hybridized carbons (Fsp3) is 0.500. The number of esters is 1. The first-order valence-electron chi connectivity index (χ1n) is 12.5. The Kier molecular flexibility index (Phi) is 7.73. The predicted octanol–water partition coefficient (Wildman–Crippen LogP) is 4.32. The fourth-order valence-corrected chi connectivity index (χ4v) is 5.94. The van der Waals surface area contributed by atoms with Crippen LogP contribution in [0.5, 0.6) is 0 Å². The number of nitrogens with one attached hydrogen (secondary N) is 1. The van der Waals surface area contributed by atoms with Gasteiger partial charge in [-0.2, -0.15) is 5.10 Å². The molecule has 3 heterocycles. The molecule has 1 aliphatic carbocycles. The number of amides is 1. The second-order valence-electron chi connectivity index (χ2n) is 9.15. The molecule has 1 atom stereocenters. The lowest BCUT2D eigenvalue weighted by atomic mass is 9.95. The molecule has 3 aromatic heterocycles. The maximum Gasteiger partial charge on any atom is 0.341 e. The van der Waals surface area contributed by atoms with Crippen LogP contribution in [0.15, 0.2) is 16.9 Å². The molecule has 10 heteroatoms. The number of hydrogen-bond donors (Lipinski definition) is 1. The van der Waals surface area contributed by atoms with Gasteiger partial charge in [-0.15, -0.1) is 11.3 Å². The van der Waals surface area contributed by atoms with Gasteiger partial charge in [-0.1, -0.05) is 13.3 Å². The average Bonchev–Trinajstić information content (AvgIpc) is 3.36. The van der Waals surface area contributed by atoms with E-state index in [9.17, 15) is 14.4 Å². The monoisotopic (exact) mass is 511 g/mol. The van der Waals surface area contributed by atoms with Gasteiger partial charge in [-0.25, -0.2) is 14.5 Å². The number of thiophene rings is 1. The van der Waals surface area contributed by atoms with Gasteiger partial charge >= 0.3 is 5.97 Å². The van der Waals surface area contributed by atoms with Gasteiger partial charge in [0.15, 0.2) is 0 Å². The molecule has 4 rings (SSSR count). The van der Waals surface area contributed by atoms with E-state index in [0.29, 0.717) is 28.6 Å². The molecule has 1 amide bonds. The highest BCUT2D eigenvalue weighted by molar-refractivity contribution is 7.17. The summed E-state index contributed by atoms with van der Waals surface area (Å²) in [6.45, 7) is 9.45. The highest BCUT2D eigenvalue weighted by Crippen LogP contribution is 2.39. The Bertz CT molecular complexity index is 1350.